The zero-order chi connectivity index (χ0) is 16.7. The van der Waals surface area contributed by atoms with Gasteiger partial charge in [-0.05, 0) is 22.3 Å². The second kappa shape index (κ2) is 8.30. The highest BCUT2D eigenvalue weighted by atomic mass is 14.9. The molecular formula is C22H25N. The minimum absolute atomic E-state index is 0.311. The summed E-state index contributed by atoms with van der Waals surface area (Å²) in [6.07, 6.45) is 14.3. The van der Waals surface area contributed by atoms with Crippen LogP contribution in [0.5, 0.6) is 0 Å². The van der Waals surface area contributed by atoms with Crippen LogP contribution in [-0.4, -0.2) is 12.6 Å². The van der Waals surface area contributed by atoms with Gasteiger partial charge in [-0.15, -0.1) is 0 Å². The van der Waals surface area contributed by atoms with Gasteiger partial charge in [0, 0.05) is 18.5 Å². The molecule has 0 bridgehead atoms. The van der Waals surface area contributed by atoms with Gasteiger partial charge < -0.3 is 5.32 Å². The molecule has 1 aliphatic rings. The lowest BCUT2D eigenvalue weighted by molar-refractivity contribution is 0.504. The molecule has 1 nitrogen and oxygen atoms in total. The van der Waals surface area contributed by atoms with E-state index < -0.39 is 0 Å². The van der Waals surface area contributed by atoms with Crippen molar-refractivity contribution in [1.29, 1.82) is 0 Å². The van der Waals surface area contributed by atoms with Crippen molar-refractivity contribution in [2.75, 3.05) is 6.54 Å². The summed E-state index contributed by atoms with van der Waals surface area (Å²) in [5, 5.41) is 3.57. The van der Waals surface area contributed by atoms with Crippen LogP contribution in [0.2, 0.25) is 0 Å². The zero-order valence-electron chi connectivity index (χ0n) is 13.8. The van der Waals surface area contributed by atoms with Gasteiger partial charge in [0.15, 0.2) is 0 Å². The van der Waals surface area contributed by atoms with E-state index in [9.17, 15) is 0 Å². The normalized spacial score (nSPS) is 20.7. The van der Waals surface area contributed by atoms with Gasteiger partial charge in [-0.3, -0.25) is 0 Å². The van der Waals surface area contributed by atoms with Crippen LogP contribution in [0.4, 0.5) is 0 Å². The maximum Gasteiger partial charge on any atom is 0.0322 e. The maximum atomic E-state index is 3.93. The molecule has 0 heterocycles. The minimum atomic E-state index is 0.311. The molecule has 118 valence electrons. The summed E-state index contributed by atoms with van der Waals surface area (Å²) < 4.78 is 0. The van der Waals surface area contributed by atoms with Crippen molar-refractivity contribution in [1.82, 2.24) is 5.32 Å². The summed E-state index contributed by atoms with van der Waals surface area (Å²) >= 11 is 0. The van der Waals surface area contributed by atoms with Gasteiger partial charge in [0.25, 0.3) is 0 Å². The fourth-order valence-electron chi connectivity index (χ4n) is 2.90. The first-order valence-corrected chi connectivity index (χ1v) is 8.00. The third-order valence-corrected chi connectivity index (χ3v) is 4.27. The molecule has 2 atom stereocenters. The van der Waals surface area contributed by atoms with Gasteiger partial charge in [0.1, 0.15) is 0 Å². The first kappa shape index (κ1) is 17.0. The lowest BCUT2D eigenvalue weighted by Gasteiger charge is -2.27. The van der Waals surface area contributed by atoms with Crippen LogP contribution in [0.15, 0.2) is 85.5 Å². The van der Waals surface area contributed by atoms with E-state index in [1.54, 1.807) is 0 Å². The van der Waals surface area contributed by atoms with E-state index in [4.69, 9.17) is 0 Å². The quantitative estimate of drug-likeness (QED) is 0.732. The van der Waals surface area contributed by atoms with Crippen LogP contribution in [0.25, 0.3) is 12.2 Å². The Morgan fingerprint density at radius 3 is 2.43 bits per heavy atom. The van der Waals surface area contributed by atoms with E-state index in [0.717, 1.165) is 12.1 Å². The summed E-state index contributed by atoms with van der Waals surface area (Å²) in [6.45, 7) is 14.7. The van der Waals surface area contributed by atoms with Gasteiger partial charge in [-0.1, -0.05) is 93.5 Å². The molecule has 1 heteroatoms. The van der Waals surface area contributed by atoms with Gasteiger partial charge in [-0.25, -0.2) is 0 Å². The highest BCUT2D eigenvalue weighted by molar-refractivity contribution is 5.64. The molecule has 0 amide bonds. The van der Waals surface area contributed by atoms with E-state index in [2.05, 4.69) is 68.4 Å². The van der Waals surface area contributed by atoms with Crippen molar-refractivity contribution in [3.63, 3.8) is 0 Å². The first-order chi connectivity index (χ1) is 11.2. The zero-order valence-corrected chi connectivity index (χ0v) is 13.8. The molecule has 1 aromatic rings. The smallest absolute Gasteiger partial charge is 0.0322 e. The van der Waals surface area contributed by atoms with Crippen LogP contribution < -0.4 is 5.32 Å². The summed E-state index contributed by atoms with van der Waals surface area (Å²) in [6, 6.07) is 8.56. The predicted molar refractivity (Wildman–Crippen MR) is 103 cm³/mol. The number of benzene rings is 1. The highest BCUT2D eigenvalue weighted by Gasteiger charge is 2.21. The van der Waals surface area contributed by atoms with Gasteiger partial charge in [0.2, 0.25) is 0 Å². The lowest BCUT2D eigenvalue weighted by atomic mass is 9.84. The molecule has 0 spiro atoms. The molecule has 0 aliphatic heterocycles. The Balaban J connectivity index is 1.97. The van der Waals surface area contributed by atoms with Crippen molar-refractivity contribution in [3.05, 3.63) is 96.7 Å². The predicted octanol–water partition coefficient (Wildman–Crippen LogP) is 5.18. The second-order valence-electron chi connectivity index (χ2n) is 5.64. The number of hydrogen-bond donors (Lipinski definition) is 1. The third kappa shape index (κ3) is 4.08. The molecule has 0 fully saturated rings. The Kier molecular flexibility index (Phi) is 6.13. The van der Waals surface area contributed by atoms with E-state index in [-0.39, 0.29) is 0 Å². The SMILES string of the molecule is C=CC1=C(C=C)C(C)C(NC/C=C\c2ccccc2C=C)C=C1. The third-order valence-electron chi connectivity index (χ3n) is 4.27. The average molecular weight is 303 g/mol. The van der Waals surface area contributed by atoms with Crippen molar-refractivity contribution >= 4 is 12.2 Å². The first-order valence-electron chi connectivity index (χ1n) is 8.00. The van der Waals surface area contributed by atoms with Crippen molar-refractivity contribution < 1.29 is 0 Å². The summed E-state index contributed by atoms with van der Waals surface area (Å²) in [7, 11) is 0. The van der Waals surface area contributed by atoms with Crippen LogP contribution >= 0.6 is 0 Å². The van der Waals surface area contributed by atoms with E-state index in [0.29, 0.717) is 12.0 Å². The molecule has 1 N–H and O–H groups in total. The fourth-order valence-corrected chi connectivity index (χ4v) is 2.90. The monoisotopic (exact) mass is 303 g/mol. The number of hydrogen-bond acceptors (Lipinski definition) is 1. The van der Waals surface area contributed by atoms with E-state index in [1.807, 2.05) is 30.4 Å². The van der Waals surface area contributed by atoms with Crippen LogP contribution in [-0.2, 0) is 0 Å². The number of rotatable bonds is 7. The topological polar surface area (TPSA) is 12.0 Å². The Morgan fingerprint density at radius 1 is 1.04 bits per heavy atom. The van der Waals surface area contributed by atoms with Crippen molar-refractivity contribution in [2.45, 2.75) is 13.0 Å². The summed E-state index contributed by atoms with van der Waals surface area (Å²) in [4.78, 5) is 0. The van der Waals surface area contributed by atoms with E-state index >= 15 is 0 Å². The Bertz CT molecular complexity index is 673. The molecule has 0 saturated carbocycles. The minimum Gasteiger partial charge on any atom is -0.306 e. The highest BCUT2D eigenvalue weighted by Crippen LogP contribution is 2.26. The molecule has 0 saturated heterocycles. The average Bonchev–Trinajstić information content (AvgIpc) is 2.59. The Labute approximate surface area is 140 Å². The van der Waals surface area contributed by atoms with Gasteiger partial charge in [0.05, 0.1) is 0 Å². The molecule has 0 aromatic heterocycles. The summed E-state index contributed by atoms with van der Waals surface area (Å²) in [5.41, 5.74) is 4.77. The van der Waals surface area contributed by atoms with E-state index in [1.165, 1.54) is 16.7 Å². The molecule has 2 unspecified atom stereocenters. The van der Waals surface area contributed by atoms with Crippen LogP contribution in [0.1, 0.15) is 18.1 Å². The van der Waals surface area contributed by atoms with Gasteiger partial charge in [-0.2, -0.15) is 0 Å². The Hall–Kier alpha value is -2.38. The van der Waals surface area contributed by atoms with Crippen molar-refractivity contribution in [2.24, 2.45) is 5.92 Å². The van der Waals surface area contributed by atoms with Crippen LogP contribution in [0.3, 0.4) is 0 Å². The molecule has 23 heavy (non-hydrogen) atoms. The molecule has 1 aliphatic carbocycles. The van der Waals surface area contributed by atoms with Gasteiger partial charge >= 0.3 is 0 Å². The van der Waals surface area contributed by atoms with Crippen LogP contribution in [0, 0.1) is 5.92 Å². The largest absolute Gasteiger partial charge is 0.306 e. The second-order valence-corrected chi connectivity index (χ2v) is 5.64. The Morgan fingerprint density at radius 2 is 1.78 bits per heavy atom. The van der Waals surface area contributed by atoms with Crippen molar-refractivity contribution in [3.8, 4) is 0 Å². The molecule has 1 aromatic carbocycles. The fraction of sp³-hybridized carbons (Fsp3) is 0.182. The number of nitrogens with one attached hydrogen (secondary N) is 1. The molecule has 2 rings (SSSR count). The number of allylic oxidation sites excluding steroid dienone is 4. The lowest BCUT2D eigenvalue weighted by Crippen LogP contribution is -2.35. The maximum absolute atomic E-state index is 3.93. The molecular weight excluding hydrogens is 278 g/mol. The molecule has 0 radical (unpaired) electrons. The summed E-state index contributed by atoms with van der Waals surface area (Å²) in [5.74, 6) is 0.388. The standard InChI is InChI=1S/C22H25N/c1-5-18-11-8-9-12-20(18)13-10-16-23-22-15-14-19(6-2)21(7-3)17(22)4/h5-15,17,22-23H,1-3,16H2,4H3/b13-10-.